The van der Waals surface area contributed by atoms with E-state index in [0.717, 1.165) is 10.5 Å². The Hall–Kier alpha value is -3.64. The Bertz CT molecular complexity index is 1110. The highest BCUT2D eigenvalue weighted by atomic mass is 35.5. The van der Waals surface area contributed by atoms with Crippen LogP contribution in [0.25, 0.3) is 0 Å². The second kappa shape index (κ2) is 9.46. The Kier molecular flexibility index (Phi) is 6.47. The summed E-state index contributed by atoms with van der Waals surface area (Å²) in [5.74, 6) is -0.906. The predicted octanol–water partition coefficient (Wildman–Crippen LogP) is 4.40. The van der Waals surface area contributed by atoms with Crippen LogP contribution in [-0.4, -0.2) is 29.3 Å². The van der Waals surface area contributed by atoms with Crippen molar-refractivity contribution in [2.24, 2.45) is 0 Å². The molecule has 4 amide bonds. The molecule has 0 radical (unpaired) electrons. The average molecular weight is 462 g/mol. The van der Waals surface area contributed by atoms with E-state index in [1.807, 2.05) is 55.5 Å². The molecule has 0 aromatic heterocycles. The molecule has 33 heavy (non-hydrogen) atoms. The summed E-state index contributed by atoms with van der Waals surface area (Å²) in [4.78, 5) is 40.5. The molecule has 1 fully saturated rings. The summed E-state index contributed by atoms with van der Waals surface area (Å²) in [5.41, 5.74) is 0.769. The van der Waals surface area contributed by atoms with Crippen LogP contribution >= 0.6 is 11.6 Å². The van der Waals surface area contributed by atoms with Gasteiger partial charge in [0.25, 0.3) is 5.91 Å². The lowest BCUT2D eigenvalue weighted by molar-refractivity contribution is -0.134. The van der Waals surface area contributed by atoms with Crippen LogP contribution in [0.3, 0.4) is 0 Å². The molecule has 0 aliphatic carbocycles. The van der Waals surface area contributed by atoms with Crippen molar-refractivity contribution in [3.8, 4) is 0 Å². The average Bonchev–Trinajstić information content (AvgIpc) is 3.10. The van der Waals surface area contributed by atoms with Crippen molar-refractivity contribution < 1.29 is 14.4 Å². The fourth-order valence-electron chi connectivity index (χ4n) is 4.15. The Labute approximate surface area is 197 Å². The largest absolute Gasteiger partial charge is 0.348 e. The minimum Gasteiger partial charge on any atom is -0.348 e. The lowest BCUT2D eigenvalue weighted by Crippen LogP contribution is -2.46. The molecule has 0 spiro atoms. The minimum absolute atomic E-state index is 0.261. The van der Waals surface area contributed by atoms with E-state index in [1.165, 1.54) is 0 Å². The number of nitrogens with zero attached hydrogens (tertiary/aromatic N) is 1. The number of carbonyl (C=O) groups is 3. The molecule has 1 aliphatic heterocycles. The van der Waals surface area contributed by atoms with Crippen molar-refractivity contribution >= 4 is 29.4 Å². The number of nitrogens with one attached hydrogen (secondary N) is 2. The first-order valence-corrected chi connectivity index (χ1v) is 11.1. The van der Waals surface area contributed by atoms with Crippen molar-refractivity contribution in [2.45, 2.75) is 24.9 Å². The van der Waals surface area contributed by atoms with Crippen LogP contribution in [0.4, 0.5) is 4.79 Å². The Morgan fingerprint density at radius 1 is 0.939 bits per heavy atom. The zero-order chi connectivity index (χ0) is 23.4. The molecule has 0 bridgehead atoms. The molecule has 3 aromatic carbocycles. The highest BCUT2D eigenvalue weighted by molar-refractivity contribution is 6.30. The van der Waals surface area contributed by atoms with Gasteiger partial charge in [-0.1, -0.05) is 91.3 Å². The third-order valence-corrected chi connectivity index (χ3v) is 6.09. The van der Waals surface area contributed by atoms with E-state index in [4.69, 9.17) is 11.6 Å². The quantitative estimate of drug-likeness (QED) is 0.512. The van der Waals surface area contributed by atoms with Gasteiger partial charge in [0.15, 0.2) is 5.54 Å². The summed E-state index contributed by atoms with van der Waals surface area (Å²) in [6.07, 6.45) is 0.644. The third-order valence-electron chi connectivity index (χ3n) is 5.84. The molecule has 0 saturated carbocycles. The molecule has 7 heteroatoms. The Morgan fingerprint density at radius 3 is 2.00 bits per heavy atom. The summed E-state index contributed by atoms with van der Waals surface area (Å²) in [6.45, 7) is 1.57. The standard InChI is InChI=1S/C26H24ClN3O3/c1-2-22(18-13-15-21(27)16-14-18)28-23(31)17-30-24(32)26(29-25(30)33,19-9-5-3-6-10-19)20-11-7-4-8-12-20/h3-16,22H,2,17H2,1H3,(H,28,31)(H,29,33). The van der Waals surface area contributed by atoms with Crippen LogP contribution in [0.5, 0.6) is 0 Å². The summed E-state index contributed by atoms with van der Waals surface area (Å²) < 4.78 is 0. The number of benzene rings is 3. The van der Waals surface area contributed by atoms with Gasteiger partial charge in [-0.3, -0.25) is 14.5 Å². The van der Waals surface area contributed by atoms with Crippen LogP contribution in [-0.2, 0) is 15.1 Å². The molecular formula is C26H24ClN3O3. The molecule has 1 aliphatic rings. The van der Waals surface area contributed by atoms with Crippen molar-refractivity contribution in [2.75, 3.05) is 6.54 Å². The number of carbonyl (C=O) groups excluding carboxylic acids is 3. The van der Waals surface area contributed by atoms with E-state index >= 15 is 0 Å². The zero-order valence-electron chi connectivity index (χ0n) is 18.1. The van der Waals surface area contributed by atoms with Gasteiger partial charge in [-0.25, -0.2) is 4.79 Å². The summed E-state index contributed by atoms with van der Waals surface area (Å²) >= 11 is 5.96. The first-order chi connectivity index (χ1) is 16.0. The van der Waals surface area contributed by atoms with Crippen LogP contribution in [0.1, 0.15) is 36.1 Å². The van der Waals surface area contributed by atoms with Crippen LogP contribution in [0.2, 0.25) is 5.02 Å². The molecule has 1 atom stereocenters. The number of hydrogen-bond acceptors (Lipinski definition) is 3. The van der Waals surface area contributed by atoms with Crippen LogP contribution < -0.4 is 10.6 Å². The lowest BCUT2D eigenvalue weighted by Gasteiger charge is -2.28. The van der Waals surface area contributed by atoms with Gasteiger partial charge in [0.05, 0.1) is 6.04 Å². The van der Waals surface area contributed by atoms with E-state index in [2.05, 4.69) is 10.6 Å². The van der Waals surface area contributed by atoms with Gasteiger partial charge < -0.3 is 10.6 Å². The van der Waals surface area contributed by atoms with E-state index in [-0.39, 0.29) is 12.6 Å². The zero-order valence-corrected chi connectivity index (χ0v) is 18.9. The van der Waals surface area contributed by atoms with Crippen LogP contribution in [0, 0.1) is 0 Å². The number of amides is 4. The van der Waals surface area contributed by atoms with Gasteiger partial charge >= 0.3 is 6.03 Å². The summed E-state index contributed by atoms with van der Waals surface area (Å²) in [6, 6.07) is 24.5. The topological polar surface area (TPSA) is 78.5 Å². The Morgan fingerprint density at radius 2 is 1.48 bits per heavy atom. The summed E-state index contributed by atoms with van der Waals surface area (Å²) in [5, 5.41) is 6.38. The van der Waals surface area contributed by atoms with E-state index in [1.54, 1.807) is 36.4 Å². The molecule has 1 unspecified atom stereocenters. The SMILES string of the molecule is CCC(NC(=O)CN1C(=O)NC(c2ccccc2)(c2ccccc2)C1=O)c1ccc(Cl)cc1. The smallest absolute Gasteiger partial charge is 0.326 e. The van der Waals surface area contributed by atoms with Crippen molar-refractivity contribution in [3.63, 3.8) is 0 Å². The molecule has 3 aromatic rings. The number of rotatable bonds is 7. The molecule has 4 rings (SSSR count). The van der Waals surface area contributed by atoms with E-state index in [0.29, 0.717) is 22.6 Å². The predicted molar refractivity (Wildman–Crippen MR) is 127 cm³/mol. The highest BCUT2D eigenvalue weighted by Gasteiger charge is 2.54. The molecule has 2 N–H and O–H groups in total. The maximum Gasteiger partial charge on any atom is 0.326 e. The number of imide groups is 1. The van der Waals surface area contributed by atoms with Gasteiger partial charge in [0, 0.05) is 5.02 Å². The normalized spacial score (nSPS) is 15.8. The Balaban J connectivity index is 1.59. The fraction of sp³-hybridized carbons (Fsp3) is 0.192. The van der Waals surface area contributed by atoms with Crippen molar-refractivity contribution in [1.82, 2.24) is 15.5 Å². The molecular weight excluding hydrogens is 438 g/mol. The number of urea groups is 1. The highest BCUT2D eigenvalue weighted by Crippen LogP contribution is 2.35. The summed E-state index contributed by atoms with van der Waals surface area (Å²) in [7, 11) is 0. The van der Waals surface area contributed by atoms with Gasteiger partial charge in [0.1, 0.15) is 6.54 Å². The number of halogens is 1. The molecule has 1 saturated heterocycles. The molecule has 1 heterocycles. The lowest BCUT2D eigenvalue weighted by atomic mass is 9.82. The molecule has 6 nitrogen and oxygen atoms in total. The van der Waals surface area contributed by atoms with E-state index < -0.39 is 23.4 Å². The monoisotopic (exact) mass is 461 g/mol. The van der Waals surface area contributed by atoms with Crippen molar-refractivity contribution in [3.05, 3.63) is 107 Å². The first-order valence-electron chi connectivity index (χ1n) is 10.8. The maximum absolute atomic E-state index is 13.7. The van der Waals surface area contributed by atoms with Gasteiger partial charge in [-0.15, -0.1) is 0 Å². The second-order valence-electron chi connectivity index (χ2n) is 7.88. The van der Waals surface area contributed by atoms with Gasteiger partial charge in [-0.2, -0.15) is 0 Å². The fourth-order valence-corrected chi connectivity index (χ4v) is 4.28. The van der Waals surface area contributed by atoms with Gasteiger partial charge in [0.2, 0.25) is 5.91 Å². The molecule has 168 valence electrons. The maximum atomic E-state index is 13.7. The van der Waals surface area contributed by atoms with Crippen molar-refractivity contribution in [1.29, 1.82) is 0 Å². The van der Waals surface area contributed by atoms with Crippen LogP contribution in [0.15, 0.2) is 84.9 Å². The van der Waals surface area contributed by atoms with Gasteiger partial charge in [-0.05, 0) is 35.2 Å². The number of hydrogen-bond donors (Lipinski definition) is 2. The minimum atomic E-state index is -1.39. The third kappa shape index (κ3) is 4.34. The van der Waals surface area contributed by atoms with E-state index in [9.17, 15) is 14.4 Å². The second-order valence-corrected chi connectivity index (χ2v) is 8.32. The first kappa shape index (κ1) is 22.6.